The summed E-state index contributed by atoms with van der Waals surface area (Å²) in [6.45, 7) is 2.00. The number of nitrogens with zero attached hydrogens (tertiary/aromatic N) is 2. The van der Waals surface area contributed by atoms with Crippen LogP contribution in [0.1, 0.15) is 37.3 Å². The van der Waals surface area contributed by atoms with E-state index in [0.29, 0.717) is 0 Å². The van der Waals surface area contributed by atoms with Crippen LogP contribution in [0.15, 0.2) is 22.7 Å². The van der Waals surface area contributed by atoms with Gasteiger partial charge in [-0.15, -0.1) is 0 Å². The smallest absolute Gasteiger partial charge is 0.125 e. The van der Waals surface area contributed by atoms with Crippen LogP contribution in [-0.4, -0.2) is 25.1 Å². The van der Waals surface area contributed by atoms with E-state index in [1.54, 1.807) is 7.11 Å². The molecule has 0 amide bonds. The number of likely N-dealkylation sites (tertiary alicyclic amines) is 1. The van der Waals surface area contributed by atoms with Gasteiger partial charge in [0.15, 0.2) is 0 Å². The fourth-order valence-corrected chi connectivity index (χ4v) is 3.02. The van der Waals surface area contributed by atoms with Gasteiger partial charge < -0.3 is 4.74 Å². The van der Waals surface area contributed by atoms with Crippen molar-refractivity contribution in [1.29, 1.82) is 5.26 Å². The predicted molar refractivity (Wildman–Crippen MR) is 79.1 cm³/mol. The van der Waals surface area contributed by atoms with Crippen molar-refractivity contribution in [1.82, 2.24) is 4.90 Å². The van der Waals surface area contributed by atoms with E-state index in [-0.39, 0.29) is 6.04 Å². The molecule has 0 saturated carbocycles. The van der Waals surface area contributed by atoms with Gasteiger partial charge >= 0.3 is 0 Å². The lowest BCUT2D eigenvalue weighted by atomic mass is 10.1. The number of hydrogen-bond acceptors (Lipinski definition) is 3. The summed E-state index contributed by atoms with van der Waals surface area (Å²) in [6, 6.07) is 8.08. The summed E-state index contributed by atoms with van der Waals surface area (Å²) in [5.74, 6) is 0.799. The van der Waals surface area contributed by atoms with Crippen LogP contribution in [0.2, 0.25) is 0 Å². The molecule has 0 radical (unpaired) electrons. The van der Waals surface area contributed by atoms with Crippen molar-refractivity contribution in [2.45, 2.75) is 31.7 Å². The normalized spacial score (nSPS) is 18.4. The fourth-order valence-electron chi connectivity index (χ4n) is 2.56. The maximum atomic E-state index is 9.56. The summed E-state index contributed by atoms with van der Waals surface area (Å²) >= 11 is 3.55. The Morgan fingerprint density at radius 3 is 2.53 bits per heavy atom. The summed E-state index contributed by atoms with van der Waals surface area (Å²) in [5, 5.41) is 9.56. The molecule has 1 heterocycles. The maximum Gasteiger partial charge on any atom is 0.125 e. The second-order valence-electron chi connectivity index (χ2n) is 4.87. The van der Waals surface area contributed by atoms with Crippen LogP contribution in [0.4, 0.5) is 0 Å². The monoisotopic (exact) mass is 322 g/mol. The predicted octanol–water partition coefficient (Wildman–Crippen LogP) is 3.90. The Morgan fingerprint density at radius 2 is 1.95 bits per heavy atom. The second-order valence-corrected chi connectivity index (χ2v) is 5.72. The Labute approximate surface area is 123 Å². The molecule has 102 valence electrons. The molecule has 1 aromatic rings. The van der Waals surface area contributed by atoms with Gasteiger partial charge in [-0.3, -0.25) is 4.90 Å². The van der Waals surface area contributed by atoms with Crippen LogP contribution >= 0.6 is 15.9 Å². The van der Waals surface area contributed by atoms with Gasteiger partial charge in [0, 0.05) is 10.0 Å². The van der Waals surface area contributed by atoms with Crippen molar-refractivity contribution in [3.8, 4) is 11.8 Å². The van der Waals surface area contributed by atoms with Crippen LogP contribution in [-0.2, 0) is 0 Å². The van der Waals surface area contributed by atoms with Crippen molar-refractivity contribution in [2.24, 2.45) is 0 Å². The zero-order chi connectivity index (χ0) is 13.7. The Bertz CT molecular complexity index is 462. The quantitative estimate of drug-likeness (QED) is 0.846. The molecular formula is C15H19BrN2O. The summed E-state index contributed by atoms with van der Waals surface area (Å²) in [4.78, 5) is 2.28. The van der Waals surface area contributed by atoms with Crippen molar-refractivity contribution in [3.05, 3.63) is 28.2 Å². The topological polar surface area (TPSA) is 36.3 Å². The lowest BCUT2D eigenvalue weighted by Gasteiger charge is -2.26. The zero-order valence-electron chi connectivity index (χ0n) is 11.2. The standard InChI is InChI=1S/C15H19BrN2O/c1-19-12-6-7-14(16)13(10-12)15(11-17)18-8-4-2-3-5-9-18/h6-7,10,15H,2-5,8-9H2,1H3. The zero-order valence-corrected chi connectivity index (χ0v) is 12.8. The van der Waals surface area contributed by atoms with E-state index in [1.165, 1.54) is 25.7 Å². The Morgan fingerprint density at radius 1 is 1.26 bits per heavy atom. The van der Waals surface area contributed by atoms with E-state index in [4.69, 9.17) is 4.74 Å². The van der Waals surface area contributed by atoms with Gasteiger partial charge in [-0.05, 0) is 44.1 Å². The first kappa shape index (κ1) is 14.4. The third-order valence-electron chi connectivity index (χ3n) is 3.63. The molecule has 0 aromatic heterocycles. The van der Waals surface area contributed by atoms with E-state index < -0.39 is 0 Å². The van der Waals surface area contributed by atoms with E-state index in [1.807, 2.05) is 18.2 Å². The van der Waals surface area contributed by atoms with Gasteiger partial charge in [0.05, 0.1) is 13.2 Å². The highest BCUT2D eigenvalue weighted by molar-refractivity contribution is 9.10. The highest BCUT2D eigenvalue weighted by atomic mass is 79.9. The average molecular weight is 323 g/mol. The molecule has 1 atom stereocenters. The van der Waals surface area contributed by atoms with Gasteiger partial charge in [0.2, 0.25) is 0 Å². The number of ether oxygens (including phenoxy) is 1. The minimum absolute atomic E-state index is 0.192. The number of methoxy groups -OCH3 is 1. The summed E-state index contributed by atoms with van der Waals surface area (Å²) in [6.07, 6.45) is 4.90. The molecule has 4 heteroatoms. The van der Waals surface area contributed by atoms with Crippen molar-refractivity contribution in [2.75, 3.05) is 20.2 Å². The molecule has 1 fully saturated rings. The maximum absolute atomic E-state index is 9.56. The minimum Gasteiger partial charge on any atom is -0.497 e. The molecule has 1 unspecified atom stereocenters. The molecule has 19 heavy (non-hydrogen) atoms. The molecule has 1 aliphatic rings. The SMILES string of the molecule is COc1ccc(Br)c(C(C#N)N2CCCCCC2)c1. The summed E-state index contributed by atoms with van der Waals surface area (Å²) in [5.41, 5.74) is 1.00. The van der Waals surface area contributed by atoms with Gasteiger partial charge in [0.1, 0.15) is 11.8 Å². The van der Waals surface area contributed by atoms with E-state index in [0.717, 1.165) is 28.9 Å². The summed E-state index contributed by atoms with van der Waals surface area (Å²) < 4.78 is 6.24. The third kappa shape index (κ3) is 3.49. The first-order valence-electron chi connectivity index (χ1n) is 6.73. The number of nitriles is 1. The molecule has 0 spiro atoms. The van der Waals surface area contributed by atoms with Crippen LogP contribution in [0.5, 0.6) is 5.75 Å². The van der Waals surface area contributed by atoms with Gasteiger partial charge in [0.25, 0.3) is 0 Å². The molecule has 0 bridgehead atoms. The number of halogens is 1. The molecule has 1 aliphatic heterocycles. The van der Waals surface area contributed by atoms with Gasteiger partial charge in [-0.1, -0.05) is 28.8 Å². The Hall–Kier alpha value is -1.05. The van der Waals surface area contributed by atoms with Crippen molar-refractivity contribution >= 4 is 15.9 Å². The number of hydrogen-bond donors (Lipinski definition) is 0. The average Bonchev–Trinajstić information content (AvgIpc) is 2.71. The number of rotatable bonds is 3. The van der Waals surface area contributed by atoms with E-state index >= 15 is 0 Å². The first-order valence-corrected chi connectivity index (χ1v) is 7.52. The minimum atomic E-state index is -0.192. The Balaban J connectivity index is 2.27. The van der Waals surface area contributed by atoms with Gasteiger partial charge in [-0.2, -0.15) is 5.26 Å². The fraction of sp³-hybridized carbons (Fsp3) is 0.533. The van der Waals surface area contributed by atoms with Crippen molar-refractivity contribution < 1.29 is 4.74 Å². The highest BCUT2D eigenvalue weighted by Crippen LogP contribution is 2.32. The van der Waals surface area contributed by atoms with Crippen LogP contribution in [0.3, 0.4) is 0 Å². The van der Waals surface area contributed by atoms with Crippen LogP contribution in [0.25, 0.3) is 0 Å². The Kier molecular flexibility index (Phi) is 5.24. The largest absolute Gasteiger partial charge is 0.497 e. The van der Waals surface area contributed by atoms with E-state index in [2.05, 4.69) is 26.9 Å². The molecule has 0 aliphatic carbocycles. The van der Waals surface area contributed by atoms with Crippen LogP contribution in [0, 0.1) is 11.3 Å². The van der Waals surface area contributed by atoms with E-state index in [9.17, 15) is 5.26 Å². The van der Waals surface area contributed by atoms with Gasteiger partial charge in [-0.25, -0.2) is 0 Å². The number of benzene rings is 1. The molecule has 3 nitrogen and oxygen atoms in total. The van der Waals surface area contributed by atoms with Crippen LogP contribution < -0.4 is 4.74 Å². The first-order chi connectivity index (χ1) is 9.26. The second kappa shape index (κ2) is 6.93. The summed E-state index contributed by atoms with van der Waals surface area (Å²) in [7, 11) is 1.65. The lowest BCUT2D eigenvalue weighted by Crippen LogP contribution is -2.29. The van der Waals surface area contributed by atoms with Crippen molar-refractivity contribution in [3.63, 3.8) is 0 Å². The molecular weight excluding hydrogens is 304 g/mol. The highest BCUT2D eigenvalue weighted by Gasteiger charge is 2.23. The third-order valence-corrected chi connectivity index (χ3v) is 4.35. The molecule has 1 aromatic carbocycles. The molecule has 0 N–H and O–H groups in total. The lowest BCUT2D eigenvalue weighted by molar-refractivity contribution is 0.245. The molecule has 2 rings (SSSR count). The molecule has 1 saturated heterocycles.